The fourth-order valence-corrected chi connectivity index (χ4v) is 3.90. The Labute approximate surface area is 186 Å². The van der Waals surface area contributed by atoms with Gasteiger partial charge >= 0.3 is 0 Å². The van der Waals surface area contributed by atoms with Crippen molar-refractivity contribution in [2.75, 3.05) is 17.2 Å². The lowest BCUT2D eigenvalue weighted by Gasteiger charge is -2.15. The van der Waals surface area contributed by atoms with Crippen LogP contribution in [0.2, 0.25) is 0 Å². The Hall–Kier alpha value is -3.75. The molecule has 3 N–H and O–H groups in total. The molecule has 4 rings (SSSR count). The molecule has 1 heterocycles. The molecule has 0 spiro atoms. The summed E-state index contributed by atoms with van der Waals surface area (Å²) in [7, 11) is 0. The summed E-state index contributed by atoms with van der Waals surface area (Å²) in [6, 6.07) is 13.0. The monoisotopic (exact) mass is 433 g/mol. The van der Waals surface area contributed by atoms with Gasteiger partial charge in [0.15, 0.2) is 5.82 Å². The molecule has 0 saturated heterocycles. The minimum Gasteiger partial charge on any atom is -0.376 e. The summed E-state index contributed by atoms with van der Waals surface area (Å²) < 4.78 is 1.65. The van der Waals surface area contributed by atoms with E-state index in [1.807, 2.05) is 32.0 Å². The van der Waals surface area contributed by atoms with E-state index in [-0.39, 0.29) is 24.4 Å². The van der Waals surface area contributed by atoms with Crippen molar-refractivity contribution in [3.63, 3.8) is 0 Å². The summed E-state index contributed by atoms with van der Waals surface area (Å²) in [5, 5.41) is 20.7. The zero-order chi connectivity index (χ0) is 22.5. The third-order valence-electron chi connectivity index (χ3n) is 5.65. The first-order valence-electron chi connectivity index (χ1n) is 10.8. The molecule has 166 valence electrons. The van der Waals surface area contributed by atoms with E-state index >= 15 is 0 Å². The SMILES string of the molecule is Cc1ccc(NCC(=O)Nc2ccccc2C(=O)NC2CCCC2)cc1-n1nnnc1C. The maximum absolute atomic E-state index is 12.7. The zero-order valence-corrected chi connectivity index (χ0v) is 18.3. The molecule has 32 heavy (non-hydrogen) atoms. The number of carbonyl (C=O) groups excluding carboxylic acids is 2. The number of amides is 2. The average Bonchev–Trinajstić information content (AvgIpc) is 3.45. The van der Waals surface area contributed by atoms with Gasteiger partial charge in [0.05, 0.1) is 23.5 Å². The van der Waals surface area contributed by atoms with Crippen LogP contribution in [-0.4, -0.2) is 44.6 Å². The van der Waals surface area contributed by atoms with Gasteiger partial charge in [-0.3, -0.25) is 9.59 Å². The van der Waals surface area contributed by atoms with Gasteiger partial charge in [0.1, 0.15) is 0 Å². The first-order chi connectivity index (χ1) is 15.5. The Kier molecular flexibility index (Phi) is 6.44. The third kappa shape index (κ3) is 4.93. The molecule has 2 aromatic carbocycles. The number of nitrogens with one attached hydrogen (secondary N) is 3. The standard InChI is InChI=1S/C23H27N7O2/c1-15-11-12-18(13-21(15)30-16(2)27-28-29-30)24-14-22(31)26-20-10-6-5-9-19(20)23(32)25-17-7-3-4-8-17/h5-6,9-13,17,24H,3-4,7-8,14H2,1-2H3,(H,25,32)(H,26,31). The van der Waals surface area contributed by atoms with Gasteiger partial charge < -0.3 is 16.0 Å². The number of nitrogens with zero attached hydrogens (tertiary/aromatic N) is 4. The van der Waals surface area contributed by atoms with E-state index < -0.39 is 0 Å². The number of rotatable bonds is 7. The largest absolute Gasteiger partial charge is 0.376 e. The predicted molar refractivity (Wildman–Crippen MR) is 122 cm³/mol. The van der Waals surface area contributed by atoms with Crippen molar-refractivity contribution in [2.45, 2.75) is 45.6 Å². The molecule has 0 radical (unpaired) electrons. The molecular weight excluding hydrogens is 406 g/mol. The fraction of sp³-hybridized carbons (Fsp3) is 0.348. The highest BCUT2D eigenvalue weighted by Crippen LogP contribution is 2.21. The van der Waals surface area contributed by atoms with Crippen LogP contribution in [0.5, 0.6) is 0 Å². The first kappa shape index (κ1) is 21.5. The van der Waals surface area contributed by atoms with Crippen molar-refractivity contribution in [3.05, 3.63) is 59.4 Å². The van der Waals surface area contributed by atoms with Crippen LogP contribution >= 0.6 is 0 Å². The fourth-order valence-electron chi connectivity index (χ4n) is 3.90. The number of hydrogen-bond acceptors (Lipinski definition) is 6. The number of benzene rings is 2. The molecule has 9 heteroatoms. The maximum atomic E-state index is 12.7. The van der Waals surface area contributed by atoms with Gasteiger partial charge in [-0.2, -0.15) is 4.68 Å². The lowest BCUT2D eigenvalue weighted by atomic mass is 10.1. The van der Waals surface area contributed by atoms with Crippen molar-refractivity contribution in [2.24, 2.45) is 0 Å². The summed E-state index contributed by atoms with van der Waals surface area (Å²) >= 11 is 0. The molecule has 0 atom stereocenters. The van der Waals surface area contributed by atoms with E-state index in [0.717, 1.165) is 42.6 Å². The molecule has 0 bridgehead atoms. The lowest BCUT2D eigenvalue weighted by Crippen LogP contribution is -2.33. The lowest BCUT2D eigenvalue weighted by molar-refractivity contribution is -0.114. The Balaban J connectivity index is 1.40. The highest BCUT2D eigenvalue weighted by atomic mass is 16.2. The van der Waals surface area contributed by atoms with E-state index in [0.29, 0.717) is 17.1 Å². The van der Waals surface area contributed by atoms with Gasteiger partial charge in [-0.05, 0) is 66.9 Å². The van der Waals surface area contributed by atoms with Crippen LogP contribution in [0, 0.1) is 13.8 Å². The molecular formula is C23H27N7O2. The van der Waals surface area contributed by atoms with Crippen molar-refractivity contribution in [1.29, 1.82) is 0 Å². The second kappa shape index (κ2) is 9.59. The van der Waals surface area contributed by atoms with Gasteiger partial charge in [-0.1, -0.05) is 31.0 Å². The third-order valence-corrected chi connectivity index (χ3v) is 5.65. The topological polar surface area (TPSA) is 114 Å². The maximum Gasteiger partial charge on any atom is 0.253 e. The van der Waals surface area contributed by atoms with Crippen molar-refractivity contribution < 1.29 is 9.59 Å². The number of anilines is 2. The Morgan fingerprint density at radius 2 is 1.88 bits per heavy atom. The molecule has 3 aromatic rings. The Bertz CT molecular complexity index is 1120. The molecule has 1 aromatic heterocycles. The number of aryl methyl sites for hydroxylation is 2. The van der Waals surface area contributed by atoms with Crippen LogP contribution < -0.4 is 16.0 Å². The van der Waals surface area contributed by atoms with E-state index in [1.54, 1.807) is 28.9 Å². The summed E-state index contributed by atoms with van der Waals surface area (Å²) in [5.41, 5.74) is 3.59. The highest BCUT2D eigenvalue weighted by molar-refractivity contribution is 6.04. The number of para-hydroxylation sites is 1. The summed E-state index contributed by atoms with van der Waals surface area (Å²) in [6.07, 6.45) is 4.30. The molecule has 1 aliphatic rings. The van der Waals surface area contributed by atoms with Gasteiger partial charge in [0.25, 0.3) is 5.91 Å². The van der Waals surface area contributed by atoms with E-state index in [9.17, 15) is 9.59 Å². The van der Waals surface area contributed by atoms with Gasteiger partial charge in [0.2, 0.25) is 5.91 Å². The molecule has 2 amide bonds. The summed E-state index contributed by atoms with van der Waals surface area (Å²) in [5.74, 6) is 0.281. The van der Waals surface area contributed by atoms with Gasteiger partial charge in [0, 0.05) is 11.7 Å². The van der Waals surface area contributed by atoms with Crippen molar-refractivity contribution >= 4 is 23.2 Å². The highest BCUT2D eigenvalue weighted by Gasteiger charge is 2.20. The number of carbonyl (C=O) groups is 2. The van der Waals surface area contributed by atoms with Crippen LogP contribution in [0.3, 0.4) is 0 Å². The van der Waals surface area contributed by atoms with Crippen LogP contribution in [0.25, 0.3) is 5.69 Å². The second-order valence-corrected chi connectivity index (χ2v) is 8.04. The second-order valence-electron chi connectivity index (χ2n) is 8.04. The minimum atomic E-state index is -0.244. The first-order valence-corrected chi connectivity index (χ1v) is 10.8. The summed E-state index contributed by atoms with van der Waals surface area (Å²) in [6.45, 7) is 3.85. The van der Waals surface area contributed by atoms with Crippen LogP contribution in [0.4, 0.5) is 11.4 Å². The molecule has 0 aliphatic heterocycles. The van der Waals surface area contributed by atoms with Crippen LogP contribution in [0.1, 0.15) is 47.4 Å². The molecule has 1 saturated carbocycles. The van der Waals surface area contributed by atoms with Gasteiger partial charge in [-0.25, -0.2) is 0 Å². The molecule has 1 fully saturated rings. The number of tetrazole rings is 1. The molecule has 0 unspecified atom stereocenters. The van der Waals surface area contributed by atoms with Crippen LogP contribution in [0.15, 0.2) is 42.5 Å². The van der Waals surface area contributed by atoms with Gasteiger partial charge in [-0.15, -0.1) is 5.10 Å². The van der Waals surface area contributed by atoms with E-state index in [2.05, 4.69) is 31.5 Å². The van der Waals surface area contributed by atoms with E-state index in [4.69, 9.17) is 0 Å². The average molecular weight is 434 g/mol. The van der Waals surface area contributed by atoms with Crippen LogP contribution in [-0.2, 0) is 4.79 Å². The Morgan fingerprint density at radius 3 is 2.62 bits per heavy atom. The number of aromatic nitrogens is 4. The quantitative estimate of drug-likeness (QED) is 0.528. The van der Waals surface area contributed by atoms with E-state index in [1.165, 1.54) is 0 Å². The normalized spacial score (nSPS) is 13.7. The Morgan fingerprint density at radius 1 is 1.09 bits per heavy atom. The summed E-state index contributed by atoms with van der Waals surface area (Å²) in [4.78, 5) is 25.3. The smallest absolute Gasteiger partial charge is 0.253 e. The minimum absolute atomic E-state index is 0.0513. The zero-order valence-electron chi connectivity index (χ0n) is 18.3. The number of hydrogen-bond donors (Lipinski definition) is 3. The van der Waals surface area contributed by atoms with Crippen molar-refractivity contribution in [1.82, 2.24) is 25.5 Å². The molecule has 9 nitrogen and oxygen atoms in total. The molecule has 1 aliphatic carbocycles. The van der Waals surface area contributed by atoms with Crippen molar-refractivity contribution in [3.8, 4) is 5.69 Å². The predicted octanol–water partition coefficient (Wildman–Crippen LogP) is 3.00.